The molecule has 0 atom stereocenters. The van der Waals surface area contributed by atoms with Gasteiger partial charge in [-0.3, -0.25) is 4.79 Å². The van der Waals surface area contributed by atoms with Gasteiger partial charge in [-0.25, -0.2) is 0 Å². The van der Waals surface area contributed by atoms with E-state index in [1.165, 1.54) is 32.1 Å². The molecule has 0 aromatic carbocycles. The molecule has 2 fully saturated rings. The van der Waals surface area contributed by atoms with Gasteiger partial charge in [-0.15, -0.1) is 12.4 Å². The molecule has 0 unspecified atom stereocenters. The van der Waals surface area contributed by atoms with Crippen LogP contribution in [0, 0.1) is 5.92 Å². The molecule has 0 heterocycles. The van der Waals surface area contributed by atoms with E-state index < -0.39 is 5.54 Å². The van der Waals surface area contributed by atoms with E-state index in [0.717, 1.165) is 32.2 Å². The maximum absolute atomic E-state index is 12.0. The fourth-order valence-electron chi connectivity index (χ4n) is 3.04. The fraction of sp³-hybridized carbons (Fsp3) is 0.923. The molecule has 4 heteroatoms. The molecule has 2 aliphatic rings. The van der Waals surface area contributed by atoms with Crippen molar-refractivity contribution in [2.75, 3.05) is 6.54 Å². The summed E-state index contributed by atoms with van der Waals surface area (Å²) in [7, 11) is 0. The zero-order chi connectivity index (χ0) is 11.4. The molecule has 1 amide bonds. The van der Waals surface area contributed by atoms with Gasteiger partial charge in [0.15, 0.2) is 0 Å². The maximum atomic E-state index is 12.0. The Labute approximate surface area is 110 Å². The molecule has 0 saturated heterocycles. The minimum Gasteiger partial charge on any atom is -0.354 e. The summed E-state index contributed by atoms with van der Waals surface area (Å²) in [6.07, 6.45) is 10.5. The predicted octanol–water partition coefficient (Wildman–Crippen LogP) is 2.38. The molecule has 0 aromatic rings. The zero-order valence-electron chi connectivity index (χ0n) is 10.5. The van der Waals surface area contributed by atoms with E-state index in [0.29, 0.717) is 5.92 Å². The van der Waals surface area contributed by atoms with Crippen LogP contribution in [0.25, 0.3) is 0 Å². The van der Waals surface area contributed by atoms with Crippen LogP contribution in [0.4, 0.5) is 0 Å². The van der Waals surface area contributed by atoms with Gasteiger partial charge in [0, 0.05) is 6.54 Å². The molecular weight excluding hydrogens is 236 g/mol. The average Bonchev–Trinajstić information content (AvgIpc) is 2.76. The van der Waals surface area contributed by atoms with Crippen molar-refractivity contribution < 1.29 is 4.79 Å². The second-order valence-electron chi connectivity index (χ2n) is 5.58. The van der Waals surface area contributed by atoms with E-state index in [4.69, 9.17) is 5.73 Å². The lowest BCUT2D eigenvalue weighted by Crippen LogP contribution is -2.52. The Kier molecular flexibility index (Phi) is 5.74. The Morgan fingerprint density at radius 2 is 1.71 bits per heavy atom. The number of carbonyl (C=O) groups excluding carboxylic acids is 1. The van der Waals surface area contributed by atoms with Crippen LogP contribution in [0.3, 0.4) is 0 Å². The van der Waals surface area contributed by atoms with Crippen molar-refractivity contribution in [3.63, 3.8) is 0 Å². The van der Waals surface area contributed by atoms with E-state index in [1.54, 1.807) is 0 Å². The molecule has 0 bridgehead atoms. The fourth-order valence-corrected chi connectivity index (χ4v) is 3.04. The van der Waals surface area contributed by atoms with Crippen LogP contribution in [0.5, 0.6) is 0 Å². The molecule has 0 aromatic heterocycles. The predicted molar refractivity (Wildman–Crippen MR) is 72.2 cm³/mol. The van der Waals surface area contributed by atoms with Gasteiger partial charge in [0.1, 0.15) is 0 Å². The first kappa shape index (κ1) is 14.8. The largest absolute Gasteiger partial charge is 0.354 e. The van der Waals surface area contributed by atoms with Gasteiger partial charge < -0.3 is 11.1 Å². The third kappa shape index (κ3) is 3.85. The molecule has 0 spiro atoms. The summed E-state index contributed by atoms with van der Waals surface area (Å²) in [4.78, 5) is 12.0. The second-order valence-corrected chi connectivity index (χ2v) is 5.58. The first-order valence-corrected chi connectivity index (χ1v) is 6.78. The summed E-state index contributed by atoms with van der Waals surface area (Å²) in [6.45, 7) is 0.845. The molecule has 17 heavy (non-hydrogen) atoms. The number of hydrogen-bond donors (Lipinski definition) is 2. The summed E-state index contributed by atoms with van der Waals surface area (Å²) in [5, 5.41) is 3.07. The van der Waals surface area contributed by atoms with Gasteiger partial charge in [0.25, 0.3) is 0 Å². The topological polar surface area (TPSA) is 55.1 Å². The van der Waals surface area contributed by atoms with E-state index in [2.05, 4.69) is 5.32 Å². The molecule has 2 saturated carbocycles. The Morgan fingerprint density at radius 3 is 2.29 bits per heavy atom. The Bertz CT molecular complexity index is 246. The lowest BCUT2D eigenvalue weighted by molar-refractivity contribution is -0.126. The van der Waals surface area contributed by atoms with Gasteiger partial charge in [-0.2, -0.15) is 0 Å². The van der Waals surface area contributed by atoms with Crippen molar-refractivity contribution >= 4 is 18.3 Å². The number of nitrogens with two attached hydrogens (primary N) is 1. The molecule has 0 aliphatic heterocycles. The first-order chi connectivity index (χ1) is 7.71. The Hall–Kier alpha value is -0.280. The van der Waals surface area contributed by atoms with Crippen molar-refractivity contribution in [3.05, 3.63) is 0 Å². The van der Waals surface area contributed by atoms with Gasteiger partial charge in [0.2, 0.25) is 5.91 Å². The summed E-state index contributed by atoms with van der Waals surface area (Å²) in [5.41, 5.74) is 5.56. The van der Waals surface area contributed by atoms with Crippen molar-refractivity contribution in [2.24, 2.45) is 11.7 Å². The number of rotatable bonds is 3. The van der Waals surface area contributed by atoms with Crippen molar-refractivity contribution in [3.8, 4) is 0 Å². The number of hydrogen-bond acceptors (Lipinski definition) is 2. The van der Waals surface area contributed by atoms with Crippen LogP contribution in [0.15, 0.2) is 0 Å². The number of halogens is 1. The number of carbonyl (C=O) groups is 1. The van der Waals surface area contributed by atoms with E-state index in [-0.39, 0.29) is 18.3 Å². The summed E-state index contributed by atoms with van der Waals surface area (Å²) in [6, 6.07) is 0. The smallest absolute Gasteiger partial charge is 0.240 e. The molecule has 100 valence electrons. The van der Waals surface area contributed by atoms with Crippen LogP contribution in [0.2, 0.25) is 0 Å². The Balaban J connectivity index is 0.00000144. The molecule has 2 rings (SSSR count). The van der Waals surface area contributed by atoms with Crippen molar-refractivity contribution in [1.82, 2.24) is 5.32 Å². The highest BCUT2D eigenvalue weighted by Crippen LogP contribution is 2.28. The van der Waals surface area contributed by atoms with Gasteiger partial charge in [-0.05, 0) is 31.6 Å². The van der Waals surface area contributed by atoms with Gasteiger partial charge in [-0.1, -0.05) is 32.1 Å². The highest BCUT2D eigenvalue weighted by molar-refractivity contribution is 5.86. The minimum atomic E-state index is -0.547. The SMILES string of the molecule is Cl.NC1(C(=O)NCC2CCCCC2)CCCC1. The van der Waals surface area contributed by atoms with Gasteiger partial charge >= 0.3 is 0 Å². The summed E-state index contributed by atoms with van der Waals surface area (Å²) in [5.74, 6) is 0.790. The quantitative estimate of drug-likeness (QED) is 0.819. The molecule has 2 aliphatic carbocycles. The van der Waals surface area contributed by atoms with E-state index >= 15 is 0 Å². The van der Waals surface area contributed by atoms with Crippen molar-refractivity contribution in [1.29, 1.82) is 0 Å². The standard InChI is InChI=1S/C13H24N2O.ClH/c14-13(8-4-5-9-13)12(16)15-10-11-6-2-1-3-7-11;/h11H,1-10,14H2,(H,15,16);1H. The van der Waals surface area contributed by atoms with Crippen LogP contribution in [-0.2, 0) is 4.79 Å². The molecule has 0 radical (unpaired) electrons. The van der Waals surface area contributed by atoms with Gasteiger partial charge in [0.05, 0.1) is 5.54 Å². The molecule has 3 N–H and O–H groups in total. The average molecular weight is 261 g/mol. The summed E-state index contributed by atoms with van der Waals surface area (Å²) < 4.78 is 0. The van der Waals surface area contributed by atoms with Crippen LogP contribution in [0.1, 0.15) is 57.8 Å². The lowest BCUT2D eigenvalue weighted by Gasteiger charge is -2.26. The van der Waals surface area contributed by atoms with E-state index in [1.807, 2.05) is 0 Å². The number of amides is 1. The normalized spacial score (nSPS) is 24.1. The van der Waals surface area contributed by atoms with E-state index in [9.17, 15) is 4.79 Å². The highest BCUT2D eigenvalue weighted by Gasteiger charge is 2.36. The van der Waals surface area contributed by atoms with Crippen molar-refractivity contribution in [2.45, 2.75) is 63.3 Å². The highest BCUT2D eigenvalue weighted by atomic mass is 35.5. The third-order valence-electron chi connectivity index (χ3n) is 4.22. The second kappa shape index (κ2) is 6.60. The molecule has 3 nitrogen and oxygen atoms in total. The van der Waals surface area contributed by atoms with Crippen LogP contribution in [-0.4, -0.2) is 18.0 Å². The molecular formula is C13H25ClN2O. The van der Waals surface area contributed by atoms with Crippen LogP contribution < -0.4 is 11.1 Å². The maximum Gasteiger partial charge on any atom is 0.240 e. The summed E-state index contributed by atoms with van der Waals surface area (Å²) >= 11 is 0. The number of nitrogens with one attached hydrogen (secondary N) is 1. The Morgan fingerprint density at radius 1 is 1.12 bits per heavy atom. The van der Waals surface area contributed by atoms with Crippen LogP contribution >= 0.6 is 12.4 Å². The monoisotopic (exact) mass is 260 g/mol. The minimum absolute atomic E-state index is 0. The zero-order valence-corrected chi connectivity index (χ0v) is 11.4. The first-order valence-electron chi connectivity index (χ1n) is 6.78. The lowest BCUT2D eigenvalue weighted by atomic mass is 9.89. The third-order valence-corrected chi connectivity index (χ3v) is 4.22.